The molecule has 3 aliphatic rings. The van der Waals surface area contributed by atoms with Crippen molar-refractivity contribution in [3.05, 3.63) is 29.7 Å². The van der Waals surface area contributed by atoms with Gasteiger partial charge in [-0.25, -0.2) is 9.37 Å². The number of nitrogens with zero attached hydrogens (tertiary/aromatic N) is 2. The Hall–Kier alpha value is -1.79. The Morgan fingerprint density at radius 1 is 1.22 bits per heavy atom. The van der Waals surface area contributed by atoms with E-state index >= 15 is 0 Å². The fourth-order valence-electron chi connectivity index (χ4n) is 3.81. The van der Waals surface area contributed by atoms with Gasteiger partial charge in [0.2, 0.25) is 0 Å². The molecular weight excluding hydrogens is 295 g/mol. The van der Waals surface area contributed by atoms with Crippen LogP contribution in [0.3, 0.4) is 0 Å². The minimum atomic E-state index is -0.327. The lowest BCUT2D eigenvalue weighted by Crippen LogP contribution is -2.59. The van der Waals surface area contributed by atoms with Crippen LogP contribution in [0.5, 0.6) is 0 Å². The second kappa shape index (κ2) is 5.11. The lowest BCUT2D eigenvalue weighted by molar-refractivity contribution is -0.156. The van der Waals surface area contributed by atoms with E-state index in [-0.39, 0.29) is 17.0 Å². The molecule has 0 aromatic carbocycles. The molecule has 0 atom stereocenters. The fraction of sp³-hybridized carbons (Fsp3) is 0.529. The summed E-state index contributed by atoms with van der Waals surface area (Å²) in [6.07, 6.45) is 6.47. The molecule has 1 saturated carbocycles. The van der Waals surface area contributed by atoms with Crippen LogP contribution in [0.25, 0.3) is 11.0 Å². The molecule has 6 heteroatoms. The molecule has 4 heterocycles. The summed E-state index contributed by atoms with van der Waals surface area (Å²) in [5.41, 5.74) is 13.5. The summed E-state index contributed by atoms with van der Waals surface area (Å²) in [6, 6.07) is 3.46. The standard InChI is InChI=1S/C17H21FN4O/c18-12-9-21-13-1-2-14(19)22-15(13)11(12)3-4-17-7-5-16(20,6-8-17)10-23-17/h1-2,9H,3-8,10,20H2,(H2,19,22). The molecule has 2 saturated heterocycles. The van der Waals surface area contributed by atoms with Gasteiger partial charge in [-0.2, -0.15) is 0 Å². The maximum atomic E-state index is 14.3. The number of hydrogen-bond acceptors (Lipinski definition) is 5. The Bertz CT molecular complexity index is 734. The SMILES string of the molecule is Nc1ccc2ncc(F)c(CCC34CCC(N)(CC3)CO4)c2n1. The first kappa shape index (κ1) is 14.8. The van der Waals surface area contributed by atoms with Crippen molar-refractivity contribution in [2.75, 3.05) is 12.3 Å². The van der Waals surface area contributed by atoms with Gasteiger partial charge in [0.1, 0.15) is 11.6 Å². The first-order valence-electron chi connectivity index (χ1n) is 8.11. The molecule has 122 valence electrons. The van der Waals surface area contributed by atoms with Gasteiger partial charge < -0.3 is 16.2 Å². The van der Waals surface area contributed by atoms with Gasteiger partial charge in [-0.3, -0.25) is 4.98 Å². The van der Waals surface area contributed by atoms with E-state index in [2.05, 4.69) is 9.97 Å². The van der Waals surface area contributed by atoms with Crippen molar-refractivity contribution >= 4 is 16.9 Å². The molecule has 0 radical (unpaired) electrons. The number of aryl methyl sites for hydroxylation is 1. The van der Waals surface area contributed by atoms with E-state index in [4.69, 9.17) is 16.2 Å². The van der Waals surface area contributed by atoms with E-state index in [9.17, 15) is 4.39 Å². The molecule has 2 aromatic heterocycles. The van der Waals surface area contributed by atoms with Gasteiger partial charge in [0.15, 0.2) is 0 Å². The fourth-order valence-corrected chi connectivity index (χ4v) is 3.81. The van der Waals surface area contributed by atoms with E-state index in [0.717, 1.165) is 32.1 Å². The molecule has 2 aromatic rings. The first-order chi connectivity index (χ1) is 11.0. The Morgan fingerprint density at radius 2 is 2.00 bits per heavy atom. The summed E-state index contributed by atoms with van der Waals surface area (Å²) >= 11 is 0. The van der Waals surface area contributed by atoms with Crippen LogP contribution in [-0.4, -0.2) is 27.7 Å². The highest BCUT2D eigenvalue weighted by Crippen LogP contribution is 2.44. The number of hydrogen-bond donors (Lipinski definition) is 2. The maximum absolute atomic E-state index is 14.3. The van der Waals surface area contributed by atoms with E-state index in [1.165, 1.54) is 6.20 Å². The van der Waals surface area contributed by atoms with Gasteiger partial charge in [-0.05, 0) is 50.7 Å². The lowest BCUT2D eigenvalue weighted by atomic mass is 9.70. The number of ether oxygens (including phenoxy) is 1. The van der Waals surface area contributed by atoms with Crippen LogP contribution in [0.15, 0.2) is 18.3 Å². The third-order valence-corrected chi connectivity index (χ3v) is 5.44. The van der Waals surface area contributed by atoms with Crippen molar-refractivity contribution in [1.29, 1.82) is 0 Å². The number of fused-ring (bicyclic) bond motifs is 4. The van der Waals surface area contributed by atoms with E-state index < -0.39 is 0 Å². The van der Waals surface area contributed by atoms with Crippen LogP contribution >= 0.6 is 0 Å². The molecule has 2 aliphatic heterocycles. The van der Waals surface area contributed by atoms with Gasteiger partial charge in [-0.15, -0.1) is 0 Å². The van der Waals surface area contributed by atoms with Crippen molar-refractivity contribution in [2.24, 2.45) is 5.73 Å². The van der Waals surface area contributed by atoms with Gasteiger partial charge in [0.05, 0.1) is 29.4 Å². The largest absolute Gasteiger partial charge is 0.384 e. The van der Waals surface area contributed by atoms with Gasteiger partial charge in [-0.1, -0.05) is 0 Å². The third-order valence-electron chi connectivity index (χ3n) is 5.44. The van der Waals surface area contributed by atoms with E-state index in [0.29, 0.717) is 35.4 Å². The van der Waals surface area contributed by atoms with Crippen LogP contribution in [0.2, 0.25) is 0 Å². The summed E-state index contributed by atoms with van der Waals surface area (Å²) in [6.45, 7) is 0.609. The smallest absolute Gasteiger partial charge is 0.146 e. The Morgan fingerprint density at radius 3 is 2.70 bits per heavy atom. The third kappa shape index (κ3) is 2.56. The first-order valence-corrected chi connectivity index (χ1v) is 8.11. The molecule has 1 aliphatic carbocycles. The zero-order valence-electron chi connectivity index (χ0n) is 13.0. The highest BCUT2D eigenvalue weighted by molar-refractivity contribution is 5.79. The summed E-state index contributed by atoms with van der Waals surface area (Å²) in [5, 5.41) is 0. The highest BCUT2D eigenvalue weighted by Gasteiger charge is 2.47. The summed E-state index contributed by atoms with van der Waals surface area (Å²) < 4.78 is 20.4. The van der Waals surface area contributed by atoms with Crippen LogP contribution < -0.4 is 11.5 Å². The number of anilines is 1. The predicted octanol–water partition coefficient (Wildman–Crippen LogP) is 2.32. The van der Waals surface area contributed by atoms with Crippen molar-refractivity contribution < 1.29 is 9.13 Å². The molecule has 4 N–H and O–H groups in total. The normalized spacial score (nSPS) is 30.0. The minimum Gasteiger partial charge on any atom is -0.384 e. The van der Waals surface area contributed by atoms with E-state index in [1.54, 1.807) is 12.1 Å². The van der Waals surface area contributed by atoms with Gasteiger partial charge >= 0.3 is 0 Å². The Labute approximate surface area is 134 Å². The zero-order valence-corrected chi connectivity index (χ0v) is 13.0. The molecule has 2 bridgehead atoms. The zero-order chi connectivity index (χ0) is 16.1. The molecule has 5 nitrogen and oxygen atoms in total. The van der Waals surface area contributed by atoms with Gasteiger partial charge in [0, 0.05) is 11.1 Å². The molecule has 3 fully saturated rings. The maximum Gasteiger partial charge on any atom is 0.146 e. The number of nitrogen functional groups attached to an aromatic ring is 1. The van der Waals surface area contributed by atoms with Gasteiger partial charge in [0.25, 0.3) is 0 Å². The number of pyridine rings is 2. The van der Waals surface area contributed by atoms with Crippen LogP contribution in [-0.2, 0) is 11.2 Å². The summed E-state index contributed by atoms with van der Waals surface area (Å²) in [5.74, 6) is 0.0515. The lowest BCUT2D eigenvalue weighted by Gasteiger charge is -2.51. The van der Waals surface area contributed by atoms with Crippen molar-refractivity contribution in [3.8, 4) is 0 Å². The van der Waals surface area contributed by atoms with Crippen LogP contribution in [0.4, 0.5) is 10.2 Å². The minimum absolute atomic E-state index is 0.146. The highest BCUT2D eigenvalue weighted by atomic mass is 19.1. The molecule has 23 heavy (non-hydrogen) atoms. The molecule has 0 amide bonds. The predicted molar refractivity (Wildman–Crippen MR) is 86.3 cm³/mol. The quantitative estimate of drug-likeness (QED) is 0.907. The Balaban J connectivity index is 1.61. The van der Waals surface area contributed by atoms with Crippen molar-refractivity contribution in [2.45, 2.75) is 49.7 Å². The summed E-state index contributed by atoms with van der Waals surface area (Å²) in [7, 11) is 0. The molecule has 0 unspecified atom stereocenters. The monoisotopic (exact) mass is 316 g/mol. The number of rotatable bonds is 3. The average Bonchev–Trinajstić information content (AvgIpc) is 2.55. The van der Waals surface area contributed by atoms with Crippen molar-refractivity contribution in [1.82, 2.24) is 9.97 Å². The van der Waals surface area contributed by atoms with Crippen LogP contribution in [0.1, 0.15) is 37.7 Å². The summed E-state index contributed by atoms with van der Waals surface area (Å²) in [4.78, 5) is 8.37. The average molecular weight is 316 g/mol. The number of nitrogens with two attached hydrogens (primary N) is 2. The van der Waals surface area contributed by atoms with Crippen molar-refractivity contribution in [3.63, 3.8) is 0 Å². The Kier molecular flexibility index (Phi) is 3.28. The second-order valence-electron chi connectivity index (χ2n) is 7.02. The second-order valence-corrected chi connectivity index (χ2v) is 7.02. The number of aromatic nitrogens is 2. The van der Waals surface area contributed by atoms with E-state index in [1.807, 2.05) is 0 Å². The molecule has 5 rings (SSSR count). The topological polar surface area (TPSA) is 87.0 Å². The number of halogens is 1. The van der Waals surface area contributed by atoms with Crippen LogP contribution in [0, 0.1) is 5.82 Å². The molecule has 0 spiro atoms. The molecular formula is C17H21FN4O.